The molecule has 0 aromatic heterocycles. The summed E-state index contributed by atoms with van der Waals surface area (Å²) in [5.41, 5.74) is 1.06. The molecule has 0 spiro atoms. The van der Waals surface area contributed by atoms with Crippen molar-refractivity contribution < 1.29 is 17.9 Å². The predicted molar refractivity (Wildman–Crippen MR) is 98.0 cm³/mol. The second kappa shape index (κ2) is 7.96. The van der Waals surface area contributed by atoms with Gasteiger partial charge in [0, 0.05) is 6.54 Å². The standard InChI is InChI=1S/C21H22F3NO/c1-25-14-2-3-20(15-25)26-19-12-8-17(9-13-19)5-4-16-6-10-18(11-7-16)21(22,23)24/h4-13,20H,2-3,14-15H2,1H3. The number of nitrogens with zero attached hydrogens (tertiary/aromatic N) is 1. The van der Waals surface area contributed by atoms with E-state index in [9.17, 15) is 13.2 Å². The van der Waals surface area contributed by atoms with Crippen LogP contribution in [0.4, 0.5) is 13.2 Å². The molecule has 138 valence electrons. The molecule has 3 rings (SSSR count). The summed E-state index contributed by atoms with van der Waals surface area (Å²) in [6, 6.07) is 12.9. The number of likely N-dealkylation sites (N-methyl/N-ethyl adjacent to an activating group) is 1. The Morgan fingerprint density at radius 1 is 0.962 bits per heavy atom. The van der Waals surface area contributed by atoms with Crippen LogP contribution in [0.3, 0.4) is 0 Å². The summed E-state index contributed by atoms with van der Waals surface area (Å²) >= 11 is 0. The molecule has 1 saturated heterocycles. The maximum absolute atomic E-state index is 12.6. The molecule has 0 radical (unpaired) electrons. The number of halogens is 3. The normalized spacial score (nSPS) is 19.0. The van der Waals surface area contributed by atoms with Gasteiger partial charge in [-0.3, -0.25) is 0 Å². The minimum Gasteiger partial charge on any atom is -0.489 e. The fourth-order valence-corrected chi connectivity index (χ4v) is 3.04. The molecule has 0 N–H and O–H groups in total. The van der Waals surface area contributed by atoms with Crippen LogP contribution in [0.5, 0.6) is 5.75 Å². The molecule has 1 aliphatic heterocycles. The quantitative estimate of drug-likeness (QED) is 0.681. The summed E-state index contributed by atoms with van der Waals surface area (Å²) in [6.45, 7) is 2.06. The van der Waals surface area contributed by atoms with Gasteiger partial charge in [0.1, 0.15) is 11.9 Å². The minimum absolute atomic E-state index is 0.224. The fraction of sp³-hybridized carbons (Fsp3) is 0.333. The van der Waals surface area contributed by atoms with Gasteiger partial charge in [0.2, 0.25) is 0 Å². The Labute approximate surface area is 151 Å². The van der Waals surface area contributed by atoms with E-state index in [1.54, 1.807) is 6.08 Å². The van der Waals surface area contributed by atoms with Gasteiger partial charge in [-0.25, -0.2) is 0 Å². The Morgan fingerprint density at radius 3 is 2.08 bits per heavy atom. The number of alkyl halides is 3. The molecule has 0 bridgehead atoms. The summed E-state index contributed by atoms with van der Waals surface area (Å²) in [5, 5.41) is 0. The smallest absolute Gasteiger partial charge is 0.416 e. The third-order valence-electron chi connectivity index (χ3n) is 4.47. The number of rotatable bonds is 4. The van der Waals surface area contributed by atoms with E-state index in [1.807, 2.05) is 30.3 Å². The number of likely N-dealkylation sites (tertiary alicyclic amines) is 1. The lowest BCUT2D eigenvalue weighted by atomic mass is 10.1. The molecular formula is C21H22F3NO. The number of ether oxygens (including phenoxy) is 1. The van der Waals surface area contributed by atoms with Gasteiger partial charge in [-0.15, -0.1) is 0 Å². The first-order valence-electron chi connectivity index (χ1n) is 8.71. The zero-order valence-corrected chi connectivity index (χ0v) is 14.7. The average molecular weight is 361 g/mol. The van der Waals surface area contributed by atoms with Crippen LogP contribution in [0.1, 0.15) is 29.5 Å². The van der Waals surface area contributed by atoms with Crippen LogP contribution >= 0.6 is 0 Å². The lowest BCUT2D eigenvalue weighted by Crippen LogP contribution is -2.38. The molecule has 0 amide bonds. The molecule has 1 atom stereocenters. The first-order chi connectivity index (χ1) is 12.4. The lowest BCUT2D eigenvalue weighted by molar-refractivity contribution is -0.137. The van der Waals surface area contributed by atoms with Gasteiger partial charge < -0.3 is 9.64 Å². The summed E-state index contributed by atoms with van der Waals surface area (Å²) < 4.78 is 43.7. The highest BCUT2D eigenvalue weighted by molar-refractivity contribution is 5.69. The van der Waals surface area contributed by atoms with Crippen LogP contribution in [0.25, 0.3) is 12.2 Å². The lowest BCUT2D eigenvalue weighted by Gasteiger charge is -2.30. The predicted octanol–water partition coefficient (Wildman–Crippen LogP) is 5.35. The van der Waals surface area contributed by atoms with E-state index in [2.05, 4.69) is 11.9 Å². The van der Waals surface area contributed by atoms with Crippen molar-refractivity contribution >= 4 is 12.2 Å². The minimum atomic E-state index is -4.30. The van der Waals surface area contributed by atoms with E-state index in [4.69, 9.17) is 4.74 Å². The molecule has 1 aliphatic rings. The van der Waals surface area contributed by atoms with E-state index in [-0.39, 0.29) is 6.10 Å². The monoisotopic (exact) mass is 361 g/mol. The second-order valence-electron chi connectivity index (χ2n) is 6.67. The van der Waals surface area contributed by atoms with Crippen LogP contribution in [-0.4, -0.2) is 31.1 Å². The Bertz CT molecular complexity index is 735. The number of benzene rings is 2. The first-order valence-corrected chi connectivity index (χ1v) is 8.71. The fourth-order valence-electron chi connectivity index (χ4n) is 3.04. The van der Waals surface area contributed by atoms with Crippen LogP contribution in [0.15, 0.2) is 48.5 Å². The highest BCUT2D eigenvalue weighted by Gasteiger charge is 2.29. The van der Waals surface area contributed by atoms with Crippen molar-refractivity contribution in [3.05, 3.63) is 65.2 Å². The maximum Gasteiger partial charge on any atom is 0.416 e. The van der Waals surface area contributed by atoms with E-state index in [1.165, 1.54) is 12.1 Å². The molecule has 2 aromatic carbocycles. The zero-order chi connectivity index (χ0) is 18.6. The van der Waals surface area contributed by atoms with Crippen molar-refractivity contribution in [3.8, 4) is 5.75 Å². The van der Waals surface area contributed by atoms with Crippen molar-refractivity contribution in [1.29, 1.82) is 0 Å². The van der Waals surface area contributed by atoms with Crippen LogP contribution < -0.4 is 4.74 Å². The Kier molecular flexibility index (Phi) is 5.67. The third-order valence-corrected chi connectivity index (χ3v) is 4.47. The summed E-state index contributed by atoms with van der Waals surface area (Å²) in [6.07, 6.45) is 1.81. The first kappa shape index (κ1) is 18.5. The van der Waals surface area contributed by atoms with Crippen molar-refractivity contribution in [2.45, 2.75) is 25.1 Å². The van der Waals surface area contributed by atoms with Crippen molar-refractivity contribution in [3.63, 3.8) is 0 Å². The molecule has 0 saturated carbocycles. The molecule has 1 heterocycles. The van der Waals surface area contributed by atoms with Gasteiger partial charge >= 0.3 is 6.18 Å². The molecular weight excluding hydrogens is 339 g/mol. The zero-order valence-electron chi connectivity index (χ0n) is 14.7. The molecule has 2 aromatic rings. The van der Waals surface area contributed by atoms with E-state index in [0.717, 1.165) is 54.9 Å². The van der Waals surface area contributed by atoms with Gasteiger partial charge in [-0.2, -0.15) is 13.2 Å². The largest absolute Gasteiger partial charge is 0.489 e. The number of hydrogen-bond acceptors (Lipinski definition) is 2. The SMILES string of the molecule is CN1CCCC(Oc2ccc(C=Cc3ccc(C(F)(F)F)cc3)cc2)C1. The molecule has 1 fully saturated rings. The summed E-state index contributed by atoms with van der Waals surface area (Å²) in [7, 11) is 2.10. The van der Waals surface area contributed by atoms with Crippen LogP contribution in [-0.2, 0) is 6.18 Å². The highest BCUT2D eigenvalue weighted by Crippen LogP contribution is 2.29. The van der Waals surface area contributed by atoms with Crippen molar-refractivity contribution in [2.75, 3.05) is 20.1 Å². The van der Waals surface area contributed by atoms with E-state index >= 15 is 0 Å². The Balaban J connectivity index is 1.59. The van der Waals surface area contributed by atoms with Crippen molar-refractivity contribution in [1.82, 2.24) is 4.90 Å². The number of hydrogen-bond donors (Lipinski definition) is 0. The third kappa shape index (κ3) is 5.11. The summed E-state index contributed by atoms with van der Waals surface area (Å²) in [5.74, 6) is 0.844. The van der Waals surface area contributed by atoms with Crippen LogP contribution in [0.2, 0.25) is 0 Å². The Hall–Kier alpha value is -2.27. The molecule has 2 nitrogen and oxygen atoms in total. The molecule has 26 heavy (non-hydrogen) atoms. The summed E-state index contributed by atoms with van der Waals surface area (Å²) in [4.78, 5) is 2.27. The van der Waals surface area contributed by atoms with Gasteiger partial charge in [-0.05, 0) is 61.8 Å². The van der Waals surface area contributed by atoms with E-state index < -0.39 is 11.7 Å². The van der Waals surface area contributed by atoms with Gasteiger partial charge in [0.05, 0.1) is 5.56 Å². The average Bonchev–Trinajstić information content (AvgIpc) is 2.61. The van der Waals surface area contributed by atoms with Gasteiger partial charge in [-0.1, -0.05) is 36.4 Å². The number of piperidine rings is 1. The Morgan fingerprint density at radius 2 is 1.54 bits per heavy atom. The van der Waals surface area contributed by atoms with Gasteiger partial charge in [0.25, 0.3) is 0 Å². The van der Waals surface area contributed by atoms with Gasteiger partial charge in [0.15, 0.2) is 0 Å². The molecule has 0 aliphatic carbocycles. The molecule has 1 unspecified atom stereocenters. The highest BCUT2D eigenvalue weighted by atomic mass is 19.4. The maximum atomic E-state index is 12.6. The topological polar surface area (TPSA) is 12.5 Å². The van der Waals surface area contributed by atoms with Crippen LogP contribution in [0, 0.1) is 0 Å². The van der Waals surface area contributed by atoms with E-state index in [0.29, 0.717) is 0 Å². The van der Waals surface area contributed by atoms with Crippen molar-refractivity contribution in [2.24, 2.45) is 0 Å². The second-order valence-corrected chi connectivity index (χ2v) is 6.67. The molecule has 5 heteroatoms.